The quantitative estimate of drug-likeness (QED) is 0.109. The van der Waals surface area contributed by atoms with Crippen molar-refractivity contribution in [3.05, 3.63) is 105 Å². The van der Waals surface area contributed by atoms with E-state index in [4.69, 9.17) is 32.7 Å². The Kier molecular flexibility index (Phi) is 12.6. The number of likely N-dealkylation sites (tertiary alicyclic amines) is 1. The Labute approximate surface area is 304 Å². The topological polar surface area (TPSA) is 106 Å². The molecular formula is C38H38Cl2FN3O5S. The summed E-state index contributed by atoms with van der Waals surface area (Å²) in [5.74, 6) is -1.57. The van der Waals surface area contributed by atoms with Crippen molar-refractivity contribution in [2.45, 2.75) is 36.0 Å². The van der Waals surface area contributed by atoms with Crippen molar-refractivity contribution in [3.8, 4) is 11.8 Å². The Morgan fingerprint density at radius 1 is 1.08 bits per heavy atom. The minimum atomic E-state index is -1.44. The molecule has 5 rings (SSSR count). The molecular weight excluding hydrogens is 700 g/mol. The summed E-state index contributed by atoms with van der Waals surface area (Å²) < 4.78 is 37.6. The molecule has 1 fully saturated rings. The summed E-state index contributed by atoms with van der Waals surface area (Å²) in [6.45, 7) is 1.97. The molecule has 1 amide bonds. The highest BCUT2D eigenvalue weighted by molar-refractivity contribution is 7.90. The molecule has 12 heteroatoms. The average Bonchev–Trinajstić information content (AvgIpc) is 3.12. The fraction of sp³-hybridized carbons (Fsp3) is 0.342. The van der Waals surface area contributed by atoms with Crippen LogP contribution in [0.5, 0.6) is 5.75 Å². The molecule has 0 saturated carbocycles. The van der Waals surface area contributed by atoms with Gasteiger partial charge in [-0.25, -0.2) is 4.39 Å². The van der Waals surface area contributed by atoms with Crippen molar-refractivity contribution >= 4 is 57.0 Å². The molecule has 1 saturated heterocycles. The minimum absolute atomic E-state index is 0.0915. The highest BCUT2D eigenvalue weighted by Gasteiger charge is 2.31. The number of esters is 1. The van der Waals surface area contributed by atoms with E-state index in [2.05, 4.69) is 11.0 Å². The summed E-state index contributed by atoms with van der Waals surface area (Å²) in [6, 6.07) is 21.3. The molecule has 1 aliphatic rings. The third-order valence-corrected chi connectivity index (χ3v) is 11.1. The zero-order chi connectivity index (χ0) is 35.9. The van der Waals surface area contributed by atoms with Gasteiger partial charge in [-0.3, -0.25) is 9.59 Å². The first-order chi connectivity index (χ1) is 24.1. The summed E-state index contributed by atoms with van der Waals surface area (Å²) in [7, 11) is 2.67. The third-order valence-electron chi connectivity index (χ3n) is 9.34. The van der Waals surface area contributed by atoms with E-state index < -0.39 is 28.9 Å². The molecule has 0 bridgehead atoms. The number of carbonyl (C=O) groups excluding carboxylic acids is 2. The molecule has 0 aromatic heterocycles. The summed E-state index contributed by atoms with van der Waals surface area (Å²) in [6.07, 6.45) is 3.67. The first kappa shape index (κ1) is 37.4. The number of hydrogen-bond acceptors (Lipinski definition) is 7. The number of piperidine rings is 1. The SMILES string of the molecule is COC(=O)CN(C[C@@H](CCN1CCC(c2cccc(F)c2[S+](C)[O-])CC1)c1ccc(Cl)c(Cl)c1)C(=O)c1c(OC)c(C#N)cc2ccccc12. The van der Waals surface area contributed by atoms with Gasteiger partial charge in [0.05, 0.1) is 35.4 Å². The molecule has 4 aromatic carbocycles. The fourth-order valence-electron chi connectivity index (χ4n) is 6.79. The van der Waals surface area contributed by atoms with E-state index in [0.717, 1.165) is 37.1 Å². The molecule has 0 radical (unpaired) electrons. The fourth-order valence-corrected chi connectivity index (χ4v) is 8.00. The van der Waals surface area contributed by atoms with Crippen LogP contribution in [0.15, 0.2) is 71.6 Å². The molecule has 0 N–H and O–H groups in total. The molecule has 1 unspecified atom stereocenters. The number of halogens is 3. The lowest BCUT2D eigenvalue weighted by atomic mass is 9.88. The Balaban J connectivity index is 1.43. The maximum atomic E-state index is 14.6. The number of carbonyl (C=O) groups is 2. The van der Waals surface area contributed by atoms with Crippen LogP contribution in [-0.2, 0) is 20.7 Å². The lowest BCUT2D eigenvalue weighted by Gasteiger charge is -2.34. The van der Waals surface area contributed by atoms with Crippen LogP contribution in [0.3, 0.4) is 0 Å². The molecule has 262 valence electrons. The van der Waals surface area contributed by atoms with Crippen LogP contribution in [0.4, 0.5) is 4.39 Å². The number of fused-ring (bicyclic) bond motifs is 1. The smallest absolute Gasteiger partial charge is 0.325 e. The first-order valence-electron chi connectivity index (χ1n) is 16.2. The number of methoxy groups -OCH3 is 2. The van der Waals surface area contributed by atoms with Crippen molar-refractivity contribution < 1.29 is 28.0 Å². The summed E-state index contributed by atoms with van der Waals surface area (Å²) in [5.41, 5.74) is 2.03. The van der Waals surface area contributed by atoms with Crippen molar-refractivity contribution in [1.29, 1.82) is 5.26 Å². The number of nitriles is 1. The van der Waals surface area contributed by atoms with Gasteiger partial charge in [0.1, 0.15) is 24.6 Å². The molecule has 8 nitrogen and oxygen atoms in total. The second kappa shape index (κ2) is 16.9. The van der Waals surface area contributed by atoms with Gasteiger partial charge in [0.25, 0.3) is 5.91 Å². The van der Waals surface area contributed by atoms with E-state index in [0.29, 0.717) is 33.8 Å². The van der Waals surface area contributed by atoms with Crippen LogP contribution in [0.1, 0.15) is 58.1 Å². The maximum absolute atomic E-state index is 14.6. The van der Waals surface area contributed by atoms with E-state index >= 15 is 0 Å². The van der Waals surface area contributed by atoms with E-state index in [9.17, 15) is 23.8 Å². The lowest BCUT2D eigenvalue weighted by molar-refractivity contribution is -0.141. The molecule has 0 aliphatic carbocycles. The molecule has 4 aromatic rings. The largest absolute Gasteiger partial charge is 0.612 e. The highest BCUT2D eigenvalue weighted by atomic mass is 35.5. The number of amides is 1. The van der Waals surface area contributed by atoms with Gasteiger partial charge in [-0.15, -0.1) is 0 Å². The maximum Gasteiger partial charge on any atom is 0.325 e. The van der Waals surface area contributed by atoms with Gasteiger partial charge in [0.2, 0.25) is 0 Å². The van der Waals surface area contributed by atoms with Gasteiger partial charge in [-0.1, -0.05) is 65.7 Å². The van der Waals surface area contributed by atoms with Gasteiger partial charge < -0.3 is 23.8 Å². The second-order valence-corrected chi connectivity index (χ2v) is 14.4. The van der Waals surface area contributed by atoms with E-state index in [1.807, 2.05) is 24.3 Å². The van der Waals surface area contributed by atoms with Crippen LogP contribution in [0.2, 0.25) is 10.0 Å². The van der Waals surface area contributed by atoms with Crippen LogP contribution < -0.4 is 4.74 Å². The van der Waals surface area contributed by atoms with Crippen LogP contribution in [-0.4, -0.2) is 79.4 Å². The Bertz CT molecular complexity index is 1910. The van der Waals surface area contributed by atoms with E-state index in [-0.39, 0.29) is 46.7 Å². The number of ether oxygens (including phenoxy) is 2. The Morgan fingerprint density at radius 3 is 2.48 bits per heavy atom. The lowest BCUT2D eigenvalue weighted by Crippen LogP contribution is -2.40. The molecule has 50 heavy (non-hydrogen) atoms. The summed E-state index contributed by atoms with van der Waals surface area (Å²) in [5, 5.41) is 12.0. The molecule has 0 spiro atoms. The summed E-state index contributed by atoms with van der Waals surface area (Å²) >= 11 is 11.3. The van der Waals surface area contributed by atoms with Gasteiger partial charge in [0, 0.05) is 18.0 Å². The van der Waals surface area contributed by atoms with E-state index in [1.165, 1.54) is 31.4 Å². The number of rotatable bonds is 12. The average molecular weight is 739 g/mol. The van der Waals surface area contributed by atoms with Gasteiger partial charge in [-0.05, 0) is 96.6 Å². The van der Waals surface area contributed by atoms with Gasteiger partial charge >= 0.3 is 5.97 Å². The van der Waals surface area contributed by atoms with Crippen molar-refractivity contribution in [3.63, 3.8) is 0 Å². The minimum Gasteiger partial charge on any atom is -0.612 e. The Hall–Kier alpha value is -3.85. The van der Waals surface area contributed by atoms with Crippen molar-refractivity contribution in [2.75, 3.05) is 53.2 Å². The number of benzene rings is 4. The zero-order valence-corrected chi connectivity index (χ0v) is 30.4. The molecule has 1 heterocycles. The molecule has 2 atom stereocenters. The summed E-state index contributed by atoms with van der Waals surface area (Å²) in [4.78, 5) is 31.4. The zero-order valence-electron chi connectivity index (χ0n) is 28.1. The first-order valence-corrected chi connectivity index (χ1v) is 18.5. The second-order valence-electron chi connectivity index (χ2n) is 12.3. The number of nitrogens with zero attached hydrogens (tertiary/aromatic N) is 3. The van der Waals surface area contributed by atoms with Crippen LogP contribution in [0.25, 0.3) is 10.8 Å². The van der Waals surface area contributed by atoms with Crippen molar-refractivity contribution in [1.82, 2.24) is 9.80 Å². The predicted octanol–water partition coefficient (Wildman–Crippen LogP) is 7.57. The third kappa shape index (κ3) is 8.36. The van der Waals surface area contributed by atoms with Gasteiger partial charge in [-0.2, -0.15) is 5.26 Å². The molecule has 1 aliphatic heterocycles. The Morgan fingerprint density at radius 2 is 1.82 bits per heavy atom. The standard InChI is InChI=1S/C38H38Cl2FN3O5S/c1-48-34(45)23-44(38(46)35-29-8-5-4-7-26(29)19-28(21-42)36(35)49-2)22-27(25-11-12-31(39)32(40)20-25)15-18-43-16-13-24(14-17-43)30-9-6-10-33(41)37(30)50(3)47/h4-12,19-20,24,27H,13-18,22-23H2,1-3H3/t27-,50?/m1/s1. The number of hydrogen-bond donors (Lipinski definition) is 0. The van der Waals surface area contributed by atoms with Gasteiger partial charge in [0.15, 0.2) is 10.7 Å². The normalized spacial score (nSPS) is 14.9. The monoisotopic (exact) mass is 737 g/mol. The van der Waals surface area contributed by atoms with Crippen molar-refractivity contribution in [2.24, 2.45) is 0 Å². The van der Waals surface area contributed by atoms with Crippen LogP contribution >= 0.6 is 23.2 Å². The van der Waals surface area contributed by atoms with Crippen LogP contribution in [0, 0.1) is 17.1 Å². The highest BCUT2D eigenvalue weighted by Crippen LogP contribution is 2.37. The predicted molar refractivity (Wildman–Crippen MR) is 194 cm³/mol. The van der Waals surface area contributed by atoms with E-state index in [1.54, 1.807) is 36.4 Å².